The van der Waals surface area contributed by atoms with Crippen molar-refractivity contribution in [1.82, 2.24) is 4.57 Å². The van der Waals surface area contributed by atoms with Crippen molar-refractivity contribution in [3.05, 3.63) is 62.5 Å². The molecule has 21 heavy (non-hydrogen) atoms. The van der Waals surface area contributed by atoms with Crippen LogP contribution in [0.1, 0.15) is 20.7 Å². The number of rotatable bonds is 3. The normalized spacial score (nSPS) is 10.2. The van der Waals surface area contributed by atoms with Gasteiger partial charge in [-0.1, -0.05) is 0 Å². The highest BCUT2D eigenvalue weighted by Gasteiger charge is 2.12. The van der Waals surface area contributed by atoms with Crippen molar-refractivity contribution < 1.29 is 14.7 Å². The highest BCUT2D eigenvalue weighted by Crippen LogP contribution is 2.21. The van der Waals surface area contributed by atoms with Gasteiger partial charge in [-0.2, -0.15) is 0 Å². The molecule has 0 unspecified atom stereocenters. The van der Waals surface area contributed by atoms with Crippen molar-refractivity contribution in [1.29, 1.82) is 0 Å². The number of pyridine rings is 1. The Morgan fingerprint density at radius 2 is 1.95 bits per heavy atom. The second kappa shape index (κ2) is 5.92. The smallest absolute Gasteiger partial charge is 0.336 e. The Kier molecular flexibility index (Phi) is 4.23. The summed E-state index contributed by atoms with van der Waals surface area (Å²) in [5, 5.41) is 11.6. The lowest BCUT2D eigenvalue weighted by atomic mass is 10.2. The molecule has 108 valence electrons. The maximum atomic E-state index is 12.0. The first-order valence-corrected chi connectivity index (χ1v) is 6.68. The van der Waals surface area contributed by atoms with Crippen LogP contribution >= 0.6 is 15.9 Å². The zero-order valence-corrected chi connectivity index (χ0v) is 12.5. The fraction of sp³-hybridized carbons (Fsp3) is 0.0714. The minimum absolute atomic E-state index is 0.0387. The molecule has 7 heteroatoms. The molecule has 2 rings (SSSR count). The summed E-state index contributed by atoms with van der Waals surface area (Å²) in [5.74, 6) is -1.59. The molecule has 6 nitrogen and oxygen atoms in total. The largest absolute Gasteiger partial charge is 0.478 e. The van der Waals surface area contributed by atoms with Crippen LogP contribution in [0.2, 0.25) is 0 Å². The summed E-state index contributed by atoms with van der Waals surface area (Å²) in [7, 11) is 1.58. The maximum Gasteiger partial charge on any atom is 0.336 e. The van der Waals surface area contributed by atoms with E-state index in [1.165, 1.54) is 35.0 Å². The summed E-state index contributed by atoms with van der Waals surface area (Å²) >= 11 is 3.12. The summed E-state index contributed by atoms with van der Waals surface area (Å²) in [6, 6.07) is 7.16. The van der Waals surface area contributed by atoms with Gasteiger partial charge in [0.05, 0.1) is 5.56 Å². The van der Waals surface area contributed by atoms with E-state index in [4.69, 9.17) is 5.11 Å². The van der Waals surface area contributed by atoms with E-state index in [-0.39, 0.29) is 16.7 Å². The van der Waals surface area contributed by atoms with Gasteiger partial charge in [-0.05, 0) is 40.2 Å². The maximum absolute atomic E-state index is 12.0. The number of carbonyl (C=O) groups excluding carboxylic acids is 1. The average Bonchev–Trinajstić information content (AvgIpc) is 2.43. The molecule has 0 bridgehead atoms. The lowest BCUT2D eigenvalue weighted by molar-refractivity contribution is 0.0695. The Morgan fingerprint density at radius 1 is 1.24 bits per heavy atom. The number of halogens is 1. The van der Waals surface area contributed by atoms with Crippen molar-refractivity contribution in [2.45, 2.75) is 0 Å². The van der Waals surface area contributed by atoms with Crippen molar-refractivity contribution >= 4 is 33.5 Å². The summed E-state index contributed by atoms with van der Waals surface area (Å²) in [5.41, 5.74) is 0.278. The van der Waals surface area contributed by atoms with Gasteiger partial charge >= 0.3 is 5.97 Å². The molecule has 1 aromatic heterocycles. The molecule has 1 aromatic carbocycles. The number of nitrogens with one attached hydrogen (secondary N) is 1. The minimum Gasteiger partial charge on any atom is -0.478 e. The van der Waals surface area contributed by atoms with Gasteiger partial charge in [0.1, 0.15) is 0 Å². The fourth-order valence-electron chi connectivity index (χ4n) is 1.66. The van der Waals surface area contributed by atoms with Gasteiger partial charge in [-0.15, -0.1) is 0 Å². The number of aromatic carboxylic acids is 1. The second-order valence-electron chi connectivity index (χ2n) is 4.32. The second-order valence-corrected chi connectivity index (χ2v) is 5.17. The van der Waals surface area contributed by atoms with E-state index in [0.29, 0.717) is 10.2 Å². The number of hydrogen-bond acceptors (Lipinski definition) is 3. The number of aromatic nitrogens is 1. The highest BCUT2D eigenvalue weighted by molar-refractivity contribution is 9.10. The van der Waals surface area contributed by atoms with Gasteiger partial charge in [0, 0.05) is 35.0 Å². The number of carboxylic acid groups (broad SMARTS) is 1. The van der Waals surface area contributed by atoms with Crippen molar-refractivity contribution in [3.63, 3.8) is 0 Å². The van der Waals surface area contributed by atoms with Gasteiger partial charge in [-0.3, -0.25) is 9.59 Å². The Bertz CT molecular complexity index is 783. The Morgan fingerprint density at radius 3 is 2.57 bits per heavy atom. The molecule has 1 amide bonds. The van der Waals surface area contributed by atoms with Crippen molar-refractivity contribution in [2.24, 2.45) is 7.05 Å². The van der Waals surface area contributed by atoms with Gasteiger partial charge in [-0.25, -0.2) is 4.79 Å². The first-order valence-electron chi connectivity index (χ1n) is 5.89. The quantitative estimate of drug-likeness (QED) is 0.886. The van der Waals surface area contributed by atoms with Gasteiger partial charge in [0.2, 0.25) is 0 Å². The lowest BCUT2D eigenvalue weighted by Gasteiger charge is -2.07. The zero-order valence-electron chi connectivity index (χ0n) is 11.0. The number of carbonyl (C=O) groups is 2. The standard InChI is InChI=1S/C14H11BrN2O4/c1-17-5-4-8(6-12(17)18)13(19)16-9-2-3-11(15)10(7-9)14(20)21/h2-7H,1H3,(H,16,19)(H,20,21). The first-order chi connectivity index (χ1) is 9.88. The predicted molar refractivity (Wildman–Crippen MR) is 80.7 cm³/mol. The number of carboxylic acids is 1. The molecular weight excluding hydrogens is 340 g/mol. The van der Waals surface area contributed by atoms with Crippen molar-refractivity contribution in [3.8, 4) is 0 Å². The van der Waals surface area contributed by atoms with E-state index in [2.05, 4.69) is 21.2 Å². The SMILES string of the molecule is Cn1ccc(C(=O)Nc2ccc(Br)c(C(=O)O)c2)cc1=O. The summed E-state index contributed by atoms with van der Waals surface area (Å²) in [6.45, 7) is 0. The van der Waals surface area contributed by atoms with Gasteiger partial charge in [0.25, 0.3) is 11.5 Å². The molecule has 0 aliphatic rings. The molecule has 0 spiro atoms. The topological polar surface area (TPSA) is 88.4 Å². The van der Waals surface area contributed by atoms with E-state index < -0.39 is 11.9 Å². The van der Waals surface area contributed by atoms with Crippen LogP contribution in [-0.4, -0.2) is 21.6 Å². The third-order valence-electron chi connectivity index (χ3n) is 2.82. The third kappa shape index (κ3) is 3.38. The average molecular weight is 351 g/mol. The molecule has 0 aliphatic carbocycles. The van der Waals surface area contributed by atoms with Crippen LogP contribution in [0.3, 0.4) is 0 Å². The van der Waals surface area contributed by atoms with Crippen LogP contribution in [0.15, 0.2) is 45.8 Å². The molecule has 0 aliphatic heterocycles. The Balaban J connectivity index is 2.27. The molecular formula is C14H11BrN2O4. The van der Waals surface area contributed by atoms with E-state index in [1.54, 1.807) is 13.1 Å². The number of anilines is 1. The Hall–Kier alpha value is -2.41. The van der Waals surface area contributed by atoms with E-state index >= 15 is 0 Å². The molecule has 0 fully saturated rings. The lowest BCUT2D eigenvalue weighted by Crippen LogP contribution is -2.20. The van der Waals surface area contributed by atoms with E-state index in [0.717, 1.165) is 0 Å². The highest BCUT2D eigenvalue weighted by atomic mass is 79.9. The van der Waals surface area contributed by atoms with Crippen LogP contribution in [0.25, 0.3) is 0 Å². The number of aryl methyl sites for hydroxylation is 1. The molecule has 2 aromatic rings. The van der Waals surface area contributed by atoms with E-state index in [9.17, 15) is 14.4 Å². The van der Waals surface area contributed by atoms with Crippen LogP contribution in [0.5, 0.6) is 0 Å². The van der Waals surface area contributed by atoms with Crippen LogP contribution in [-0.2, 0) is 7.05 Å². The molecule has 0 atom stereocenters. The fourth-order valence-corrected chi connectivity index (χ4v) is 2.08. The van der Waals surface area contributed by atoms with Gasteiger partial charge < -0.3 is 15.0 Å². The number of amides is 1. The number of nitrogens with zero attached hydrogens (tertiary/aromatic N) is 1. The van der Waals surface area contributed by atoms with E-state index in [1.807, 2.05) is 0 Å². The molecule has 0 radical (unpaired) electrons. The number of hydrogen-bond donors (Lipinski definition) is 2. The third-order valence-corrected chi connectivity index (χ3v) is 3.51. The summed E-state index contributed by atoms with van der Waals surface area (Å²) in [6.07, 6.45) is 1.49. The summed E-state index contributed by atoms with van der Waals surface area (Å²) in [4.78, 5) is 34.5. The minimum atomic E-state index is -1.11. The Labute approximate surface area is 128 Å². The molecule has 2 N–H and O–H groups in total. The molecule has 1 heterocycles. The van der Waals surface area contributed by atoms with Crippen LogP contribution < -0.4 is 10.9 Å². The number of benzene rings is 1. The summed E-state index contributed by atoms with van der Waals surface area (Å²) < 4.78 is 1.76. The monoisotopic (exact) mass is 350 g/mol. The molecule has 0 saturated carbocycles. The van der Waals surface area contributed by atoms with Gasteiger partial charge in [0.15, 0.2) is 0 Å². The zero-order chi connectivity index (χ0) is 15.6. The van der Waals surface area contributed by atoms with Crippen LogP contribution in [0.4, 0.5) is 5.69 Å². The molecule has 0 saturated heterocycles. The predicted octanol–water partition coefficient (Wildman–Crippen LogP) is 2.10. The first kappa shape index (κ1) is 15.0. The van der Waals surface area contributed by atoms with Crippen molar-refractivity contribution in [2.75, 3.05) is 5.32 Å². The van der Waals surface area contributed by atoms with Crippen LogP contribution in [0, 0.1) is 0 Å².